The molecular weight excluding hydrogens is 278 g/mol. The van der Waals surface area contributed by atoms with Gasteiger partial charge in [0, 0.05) is 6.54 Å². The van der Waals surface area contributed by atoms with Gasteiger partial charge in [-0.05, 0) is 45.7 Å². The Bertz CT molecular complexity index is 257. The van der Waals surface area contributed by atoms with Crippen molar-refractivity contribution in [2.75, 3.05) is 20.1 Å². The van der Waals surface area contributed by atoms with Gasteiger partial charge in [0.05, 0.1) is 0 Å². The number of allylic oxidation sites excluding steroid dienone is 2. The molecule has 23 heavy (non-hydrogen) atoms. The van der Waals surface area contributed by atoms with Crippen LogP contribution in [0.2, 0.25) is 0 Å². The van der Waals surface area contributed by atoms with E-state index in [0.717, 1.165) is 6.54 Å². The molecule has 1 heteroatoms. The Morgan fingerprint density at radius 3 is 1.70 bits per heavy atom. The first-order chi connectivity index (χ1) is 11.3. The van der Waals surface area contributed by atoms with E-state index in [1.54, 1.807) is 0 Å². The third-order valence-corrected chi connectivity index (χ3v) is 4.49. The molecule has 0 aliphatic rings. The Labute approximate surface area is 147 Å². The van der Waals surface area contributed by atoms with Crippen LogP contribution in [-0.4, -0.2) is 25.0 Å². The number of hydrogen-bond acceptors (Lipinski definition) is 1. The predicted molar refractivity (Wildman–Crippen MR) is 107 cm³/mol. The maximum atomic E-state index is 3.78. The van der Waals surface area contributed by atoms with Crippen LogP contribution in [-0.2, 0) is 0 Å². The van der Waals surface area contributed by atoms with Gasteiger partial charge in [0.15, 0.2) is 0 Å². The Balaban J connectivity index is 3.12. The lowest BCUT2D eigenvalue weighted by atomic mass is 10.1. The minimum Gasteiger partial charge on any atom is -0.303 e. The number of nitrogens with zero attached hydrogens (tertiary/aromatic N) is 1. The van der Waals surface area contributed by atoms with E-state index in [1.165, 1.54) is 96.4 Å². The molecule has 0 amide bonds. The van der Waals surface area contributed by atoms with E-state index >= 15 is 0 Å². The van der Waals surface area contributed by atoms with Gasteiger partial charge in [-0.3, -0.25) is 0 Å². The van der Waals surface area contributed by atoms with Crippen LogP contribution >= 0.6 is 0 Å². The monoisotopic (exact) mass is 321 g/mol. The highest BCUT2D eigenvalue weighted by Crippen LogP contribution is 2.10. The molecule has 0 bridgehead atoms. The second kappa shape index (κ2) is 19.5. The zero-order valence-electron chi connectivity index (χ0n) is 16.2. The summed E-state index contributed by atoms with van der Waals surface area (Å²) in [5.74, 6) is 0. The van der Waals surface area contributed by atoms with Crippen molar-refractivity contribution in [3.8, 4) is 0 Å². The van der Waals surface area contributed by atoms with Gasteiger partial charge in [0.25, 0.3) is 0 Å². The Morgan fingerprint density at radius 2 is 1.17 bits per heavy atom. The van der Waals surface area contributed by atoms with Gasteiger partial charge in [-0.2, -0.15) is 0 Å². The first kappa shape index (κ1) is 22.4. The fourth-order valence-corrected chi connectivity index (χ4v) is 2.94. The molecule has 0 heterocycles. The van der Waals surface area contributed by atoms with Crippen molar-refractivity contribution in [1.82, 2.24) is 4.90 Å². The van der Waals surface area contributed by atoms with E-state index in [9.17, 15) is 0 Å². The summed E-state index contributed by atoms with van der Waals surface area (Å²) in [5, 5.41) is 0. The topological polar surface area (TPSA) is 3.24 Å². The summed E-state index contributed by atoms with van der Waals surface area (Å²) in [5.41, 5.74) is 0. The molecule has 0 unspecified atom stereocenters. The molecule has 0 aromatic rings. The molecule has 0 aliphatic heterocycles. The summed E-state index contributed by atoms with van der Waals surface area (Å²) >= 11 is 0. The molecule has 0 fully saturated rings. The molecular formula is C22H43N. The molecule has 0 aliphatic carbocycles. The summed E-state index contributed by atoms with van der Waals surface area (Å²) in [6.45, 7) is 8.30. The van der Waals surface area contributed by atoms with E-state index < -0.39 is 0 Å². The van der Waals surface area contributed by atoms with Crippen LogP contribution in [0.15, 0.2) is 24.8 Å². The largest absolute Gasteiger partial charge is 0.303 e. The van der Waals surface area contributed by atoms with Gasteiger partial charge in [-0.15, -0.1) is 6.58 Å². The van der Waals surface area contributed by atoms with Crippen LogP contribution in [0.4, 0.5) is 0 Å². The lowest BCUT2D eigenvalue weighted by Gasteiger charge is -2.13. The van der Waals surface area contributed by atoms with Crippen LogP contribution in [0.5, 0.6) is 0 Å². The quantitative estimate of drug-likeness (QED) is 0.191. The van der Waals surface area contributed by atoms with E-state index in [0.29, 0.717) is 0 Å². The summed E-state index contributed by atoms with van der Waals surface area (Å²) < 4.78 is 0. The van der Waals surface area contributed by atoms with Crippen LogP contribution in [0.3, 0.4) is 0 Å². The number of likely N-dealkylation sites (N-methyl/N-ethyl adjacent to an activating group) is 1. The normalized spacial score (nSPS) is 11.6. The SMILES string of the molecule is C=CCN(C)CCCCCCCC/C=C/CCCCCCCC. The van der Waals surface area contributed by atoms with Gasteiger partial charge >= 0.3 is 0 Å². The van der Waals surface area contributed by atoms with Gasteiger partial charge in [0.2, 0.25) is 0 Å². The Kier molecular flexibility index (Phi) is 19.0. The molecule has 0 aromatic carbocycles. The van der Waals surface area contributed by atoms with Crippen molar-refractivity contribution >= 4 is 0 Å². The van der Waals surface area contributed by atoms with Crippen molar-refractivity contribution < 1.29 is 0 Å². The van der Waals surface area contributed by atoms with Crippen molar-refractivity contribution in [2.24, 2.45) is 0 Å². The molecule has 0 aromatic heterocycles. The van der Waals surface area contributed by atoms with E-state index in [2.05, 4.69) is 37.6 Å². The van der Waals surface area contributed by atoms with Gasteiger partial charge in [0.1, 0.15) is 0 Å². The second-order valence-corrected chi connectivity index (χ2v) is 6.99. The highest BCUT2D eigenvalue weighted by molar-refractivity contribution is 4.81. The lowest BCUT2D eigenvalue weighted by Crippen LogP contribution is -2.19. The third kappa shape index (κ3) is 19.4. The molecule has 0 spiro atoms. The predicted octanol–water partition coefficient (Wildman–Crippen LogP) is 7.14. The van der Waals surface area contributed by atoms with Gasteiger partial charge in [-0.25, -0.2) is 0 Å². The lowest BCUT2D eigenvalue weighted by molar-refractivity contribution is 0.356. The highest BCUT2D eigenvalue weighted by Gasteiger charge is 1.95. The minimum absolute atomic E-state index is 1.02. The standard InChI is InChI=1S/C22H43N/c1-4-6-7-8-9-10-11-12-13-14-15-16-17-18-19-20-22-23(3)21-5-2/h5,12-13H,2,4,6-11,14-22H2,1,3H3/b13-12+. The average molecular weight is 322 g/mol. The van der Waals surface area contributed by atoms with Crippen molar-refractivity contribution in [3.05, 3.63) is 24.8 Å². The molecule has 0 saturated heterocycles. The third-order valence-electron chi connectivity index (χ3n) is 4.49. The number of hydrogen-bond donors (Lipinski definition) is 0. The van der Waals surface area contributed by atoms with Crippen LogP contribution in [0, 0.1) is 0 Å². The molecule has 0 atom stereocenters. The fraction of sp³-hybridized carbons (Fsp3) is 0.818. The van der Waals surface area contributed by atoms with Gasteiger partial charge in [-0.1, -0.05) is 82.9 Å². The first-order valence-corrected chi connectivity index (χ1v) is 10.3. The van der Waals surface area contributed by atoms with Crippen LogP contribution in [0.25, 0.3) is 0 Å². The van der Waals surface area contributed by atoms with Crippen LogP contribution in [0.1, 0.15) is 96.8 Å². The summed E-state index contributed by atoms with van der Waals surface area (Å²) in [7, 11) is 2.18. The number of rotatable bonds is 18. The maximum absolute atomic E-state index is 3.78. The molecule has 0 N–H and O–H groups in total. The highest BCUT2D eigenvalue weighted by atomic mass is 15.1. The molecule has 0 rings (SSSR count). The zero-order chi connectivity index (χ0) is 17.0. The van der Waals surface area contributed by atoms with Gasteiger partial charge < -0.3 is 4.90 Å². The summed E-state index contributed by atoms with van der Waals surface area (Å²) in [6.07, 6.45) is 26.2. The summed E-state index contributed by atoms with van der Waals surface area (Å²) in [6, 6.07) is 0. The summed E-state index contributed by atoms with van der Waals surface area (Å²) in [4.78, 5) is 2.35. The number of unbranched alkanes of at least 4 members (excludes halogenated alkanes) is 12. The molecule has 1 nitrogen and oxygen atoms in total. The maximum Gasteiger partial charge on any atom is 0.0157 e. The van der Waals surface area contributed by atoms with Crippen molar-refractivity contribution in [2.45, 2.75) is 96.8 Å². The zero-order valence-corrected chi connectivity index (χ0v) is 16.2. The molecule has 0 radical (unpaired) electrons. The first-order valence-electron chi connectivity index (χ1n) is 10.3. The van der Waals surface area contributed by atoms with E-state index in [-0.39, 0.29) is 0 Å². The van der Waals surface area contributed by atoms with E-state index in [1.807, 2.05) is 6.08 Å². The van der Waals surface area contributed by atoms with E-state index in [4.69, 9.17) is 0 Å². The van der Waals surface area contributed by atoms with Crippen molar-refractivity contribution in [1.29, 1.82) is 0 Å². The van der Waals surface area contributed by atoms with Crippen LogP contribution < -0.4 is 0 Å². The second-order valence-electron chi connectivity index (χ2n) is 6.99. The molecule has 0 saturated carbocycles. The molecule has 136 valence electrons. The minimum atomic E-state index is 1.02. The smallest absolute Gasteiger partial charge is 0.0157 e. The van der Waals surface area contributed by atoms with Crippen molar-refractivity contribution in [3.63, 3.8) is 0 Å². The average Bonchev–Trinajstić information content (AvgIpc) is 2.54. The Hall–Kier alpha value is -0.560. The Morgan fingerprint density at radius 1 is 0.696 bits per heavy atom. The fourth-order valence-electron chi connectivity index (χ4n) is 2.94.